The molecule has 0 aromatic rings. The molecular weight excluding hydrogens is 270 g/mol. The molecule has 1 aliphatic heterocycles. The number of amides is 2. The van der Waals surface area contributed by atoms with Gasteiger partial charge in [-0.15, -0.1) is 0 Å². The van der Waals surface area contributed by atoms with E-state index < -0.39 is 5.97 Å². The lowest BCUT2D eigenvalue weighted by atomic mass is 9.79. The fraction of sp³-hybridized carbons (Fsp3) is 0.867. The van der Waals surface area contributed by atoms with Crippen molar-refractivity contribution in [2.45, 2.75) is 32.6 Å². The molecule has 1 heterocycles. The van der Waals surface area contributed by atoms with Gasteiger partial charge in [0, 0.05) is 32.7 Å². The van der Waals surface area contributed by atoms with Crippen molar-refractivity contribution in [2.75, 3.05) is 39.3 Å². The topological polar surface area (TPSA) is 72.9 Å². The summed E-state index contributed by atoms with van der Waals surface area (Å²) in [4.78, 5) is 27.6. The van der Waals surface area contributed by atoms with E-state index in [0.717, 1.165) is 58.4 Å². The highest BCUT2D eigenvalue weighted by Crippen LogP contribution is 2.29. The van der Waals surface area contributed by atoms with Gasteiger partial charge in [-0.2, -0.15) is 0 Å². The molecule has 21 heavy (non-hydrogen) atoms. The van der Waals surface area contributed by atoms with Crippen molar-refractivity contribution in [1.29, 1.82) is 0 Å². The molecule has 1 aliphatic carbocycles. The molecule has 0 aromatic heterocycles. The van der Waals surface area contributed by atoms with Crippen molar-refractivity contribution >= 4 is 12.0 Å². The molecule has 0 bridgehead atoms. The van der Waals surface area contributed by atoms with Crippen molar-refractivity contribution in [1.82, 2.24) is 15.1 Å². The second kappa shape index (κ2) is 7.64. The van der Waals surface area contributed by atoms with Crippen LogP contribution in [0.2, 0.25) is 0 Å². The van der Waals surface area contributed by atoms with Gasteiger partial charge in [0.15, 0.2) is 0 Å². The van der Waals surface area contributed by atoms with Crippen LogP contribution in [0.4, 0.5) is 4.79 Å². The van der Waals surface area contributed by atoms with Crippen LogP contribution in [0.3, 0.4) is 0 Å². The Kier molecular flexibility index (Phi) is 5.85. The second-order valence-electron chi connectivity index (χ2n) is 6.10. The van der Waals surface area contributed by atoms with Gasteiger partial charge < -0.3 is 20.2 Å². The molecule has 120 valence electrons. The first-order valence-electron chi connectivity index (χ1n) is 8.09. The number of nitrogens with one attached hydrogen (secondary N) is 1. The normalized spacial score (nSPS) is 27.4. The molecule has 0 radical (unpaired) electrons. The van der Waals surface area contributed by atoms with Gasteiger partial charge in [0.05, 0.1) is 5.92 Å². The van der Waals surface area contributed by atoms with E-state index >= 15 is 0 Å². The van der Waals surface area contributed by atoms with Crippen LogP contribution in [0, 0.1) is 11.8 Å². The van der Waals surface area contributed by atoms with Crippen molar-refractivity contribution in [3.8, 4) is 0 Å². The van der Waals surface area contributed by atoms with Crippen molar-refractivity contribution in [3.63, 3.8) is 0 Å². The summed E-state index contributed by atoms with van der Waals surface area (Å²) in [5.41, 5.74) is 0. The second-order valence-corrected chi connectivity index (χ2v) is 6.10. The van der Waals surface area contributed by atoms with Gasteiger partial charge in [-0.25, -0.2) is 4.79 Å². The summed E-state index contributed by atoms with van der Waals surface area (Å²) in [6.07, 6.45) is 3.70. The SMILES string of the molecule is CCN1CCN(C(=O)NCC2CCCCC2C(=O)O)CC1. The molecule has 6 nitrogen and oxygen atoms in total. The fourth-order valence-corrected chi connectivity index (χ4v) is 3.37. The summed E-state index contributed by atoms with van der Waals surface area (Å²) in [6, 6.07) is -0.0412. The number of carboxylic acid groups (broad SMARTS) is 1. The summed E-state index contributed by atoms with van der Waals surface area (Å²) < 4.78 is 0. The Morgan fingerprint density at radius 3 is 2.43 bits per heavy atom. The maximum absolute atomic E-state index is 12.2. The molecule has 2 atom stereocenters. The Labute approximate surface area is 126 Å². The first-order valence-corrected chi connectivity index (χ1v) is 8.09. The van der Waals surface area contributed by atoms with Gasteiger partial charge >= 0.3 is 12.0 Å². The zero-order chi connectivity index (χ0) is 15.2. The molecule has 2 amide bonds. The van der Waals surface area contributed by atoms with Crippen LogP contribution in [0.25, 0.3) is 0 Å². The molecule has 2 aliphatic rings. The number of rotatable bonds is 4. The van der Waals surface area contributed by atoms with E-state index in [9.17, 15) is 14.7 Å². The molecule has 0 aromatic carbocycles. The minimum atomic E-state index is -0.717. The Morgan fingerprint density at radius 2 is 1.81 bits per heavy atom. The average molecular weight is 297 g/mol. The highest BCUT2D eigenvalue weighted by molar-refractivity contribution is 5.74. The summed E-state index contributed by atoms with van der Waals surface area (Å²) in [7, 11) is 0. The Bertz CT molecular complexity index is 367. The van der Waals surface area contributed by atoms with E-state index in [1.54, 1.807) is 0 Å². The van der Waals surface area contributed by atoms with Crippen LogP contribution in [-0.2, 0) is 4.79 Å². The van der Waals surface area contributed by atoms with Crippen LogP contribution in [0.1, 0.15) is 32.6 Å². The minimum Gasteiger partial charge on any atom is -0.481 e. The molecule has 0 spiro atoms. The highest BCUT2D eigenvalue weighted by atomic mass is 16.4. The summed E-state index contributed by atoms with van der Waals surface area (Å²) in [6.45, 7) is 7.00. The zero-order valence-corrected chi connectivity index (χ0v) is 12.9. The standard InChI is InChI=1S/C15H27N3O3/c1-2-17-7-9-18(10-8-17)15(21)16-11-12-5-3-4-6-13(12)14(19)20/h12-13H,2-11H2,1H3,(H,16,21)(H,19,20). The Balaban J connectivity index is 1.76. The molecule has 2 rings (SSSR count). The van der Waals surface area contributed by atoms with Crippen LogP contribution >= 0.6 is 0 Å². The molecule has 2 unspecified atom stereocenters. The van der Waals surface area contributed by atoms with Crippen LogP contribution in [-0.4, -0.2) is 66.2 Å². The number of hydrogen-bond donors (Lipinski definition) is 2. The predicted molar refractivity (Wildman–Crippen MR) is 80.2 cm³/mol. The van der Waals surface area contributed by atoms with E-state index in [2.05, 4.69) is 17.1 Å². The summed E-state index contributed by atoms with van der Waals surface area (Å²) in [5, 5.41) is 12.2. The quantitative estimate of drug-likeness (QED) is 0.818. The lowest BCUT2D eigenvalue weighted by Crippen LogP contribution is -2.52. The van der Waals surface area contributed by atoms with Gasteiger partial charge in [-0.1, -0.05) is 19.8 Å². The minimum absolute atomic E-state index is 0.0412. The van der Waals surface area contributed by atoms with Crippen LogP contribution in [0.15, 0.2) is 0 Å². The maximum atomic E-state index is 12.2. The molecule has 2 fully saturated rings. The summed E-state index contributed by atoms with van der Waals surface area (Å²) in [5.74, 6) is -0.932. The van der Waals surface area contributed by atoms with E-state index in [1.165, 1.54) is 0 Å². The zero-order valence-electron chi connectivity index (χ0n) is 12.9. The highest BCUT2D eigenvalue weighted by Gasteiger charge is 2.31. The largest absolute Gasteiger partial charge is 0.481 e. The van der Waals surface area contributed by atoms with Gasteiger partial charge in [0.25, 0.3) is 0 Å². The van der Waals surface area contributed by atoms with Crippen LogP contribution < -0.4 is 5.32 Å². The molecule has 1 saturated carbocycles. The Morgan fingerprint density at radius 1 is 1.14 bits per heavy atom. The van der Waals surface area contributed by atoms with Crippen molar-refractivity contribution in [3.05, 3.63) is 0 Å². The number of urea groups is 1. The first-order chi connectivity index (χ1) is 10.1. The van der Waals surface area contributed by atoms with E-state index in [-0.39, 0.29) is 17.9 Å². The third-order valence-electron chi connectivity index (χ3n) is 4.85. The van der Waals surface area contributed by atoms with Crippen molar-refractivity contribution < 1.29 is 14.7 Å². The third-order valence-corrected chi connectivity index (χ3v) is 4.85. The lowest BCUT2D eigenvalue weighted by molar-refractivity contribution is -0.144. The molecule has 1 saturated heterocycles. The number of nitrogens with zero attached hydrogens (tertiary/aromatic N) is 2. The molecular formula is C15H27N3O3. The maximum Gasteiger partial charge on any atom is 0.317 e. The average Bonchev–Trinajstić information content (AvgIpc) is 2.52. The molecule has 2 N–H and O–H groups in total. The Hall–Kier alpha value is -1.30. The first kappa shape index (κ1) is 16.1. The molecule has 6 heteroatoms. The van der Waals surface area contributed by atoms with E-state index in [1.807, 2.05) is 4.90 Å². The van der Waals surface area contributed by atoms with Crippen LogP contribution in [0.5, 0.6) is 0 Å². The van der Waals surface area contributed by atoms with E-state index in [0.29, 0.717) is 6.54 Å². The number of hydrogen-bond acceptors (Lipinski definition) is 3. The lowest BCUT2D eigenvalue weighted by Gasteiger charge is -2.35. The number of carbonyl (C=O) groups excluding carboxylic acids is 1. The fourth-order valence-electron chi connectivity index (χ4n) is 3.37. The predicted octanol–water partition coefficient (Wildman–Crippen LogP) is 1.22. The third kappa shape index (κ3) is 4.33. The smallest absolute Gasteiger partial charge is 0.317 e. The monoisotopic (exact) mass is 297 g/mol. The number of likely N-dealkylation sites (N-methyl/N-ethyl adjacent to an activating group) is 1. The van der Waals surface area contributed by atoms with Gasteiger partial charge in [-0.3, -0.25) is 4.79 Å². The number of piperazine rings is 1. The number of aliphatic carboxylic acids is 1. The van der Waals surface area contributed by atoms with Gasteiger partial charge in [0.2, 0.25) is 0 Å². The number of carbonyl (C=O) groups is 2. The summed E-state index contributed by atoms with van der Waals surface area (Å²) >= 11 is 0. The van der Waals surface area contributed by atoms with E-state index in [4.69, 9.17) is 0 Å². The van der Waals surface area contributed by atoms with Gasteiger partial charge in [-0.05, 0) is 25.3 Å². The van der Waals surface area contributed by atoms with Crippen molar-refractivity contribution in [2.24, 2.45) is 11.8 Å². The number of carboxylic acids is 1. The van der Waals surface area contributed by atoms with Gasteiger partial charge in [0.1, 0.15) is 0 Å².